The Labute approximate surface area is 91.4 Å². The predicted octanol–water partition coefficient (Wildman–Crippen LogP) is 3.35. The van der Waals surface area contributed by atoms with Gasteiger partial charge in [0.25, 0.3) is 0 Å². The van der Waals surface area contributed by atoms with E-state index < -0.39 is 0 Å². The summed E-state index contributed by atoms with van der Waals surface area (Å²) in [4.78, 5) is 0. The highest BCUT2D eigenvalue weighted by molar-refractivity contribution is 5.28. The molecular weight excluding hydrogens is 186 g/mol. The fraction of sp³-hybridized carbons (Fsp3) is 0.538. The van der Waals surface area contributed by atoms with Crippen LogP contribution < -0.4 is 5.32 Å². The first-order chi connectivity index (χ1) is 7.33. The Balaban J connectivity index is 2.23. The molecule has 2 heteroatoms. The van der Waals surface area contributed by atoms with Gasteiger partial charge in [-0.05, 0) is 49.9 Å². The first-order valence-corrected chi connectivity index (χ1v) is 5.79. The Morgan fingerprint density at radius 1 is 1.53 bits per heavy atom. The minimum atomic E-state index is 0.299. The lowest BCUT2D eigenvalue weighted by atomic mass is 10.0. The topological polar surface area (TPSA) is 25.2 Å². The largest absolute Gasteiger partial charge is 0.467 e. The number of aryl methyl sites for hydroxylation is 1. The molecule has 2 rings (SSSR count). The highest BCUT2D eigenvalue weighted by Gasteiger charge is 2.21. The Kier molecular flexibility index (Phi) is 3.27. The molecule has 1 aromatic rings. The van der Waals surface area contributed by atoms with E-state index >= 15 is 0 Å². The third-order valence-corrected chi connectivity index (χ3v) is 3.02. The third kappa shape index (κ3) is 2.15. The summed E-state index contributed by atoms with van der Waals surface area (Å²) in [7, 11) is 0. The quantitative estimate of drug-likeness (QED) is 0.762. The van der Waals surface area contributed by atoms with E-state index in [2.05, 4.69) is 25.2 Å². The van der Waals surface area contributed by atoms with Crippen LogP contribution in [0.4, 0.5) is 0 Å². The molecule has 0 aliphatic heterocycles. The summed E-state index contributed by atoms with van der Waals surface area (Å²) in [5.74, 6) is 1.09. The van der Waals surface area contributed by atoms with Gasteiger partial charge >= 0.3 is 0 Å². The molecule has 0 saturated carbocycles. The summed E-state index contributed by atoms with van der Waals surface area (Å²) < 4.78 is 5.59. The number of hydrogen-bond acceptors (Lipinski definition) is 2. The average molecular weight is 205 g/mol. The molecule has 0 radical (unpaired) electrons. The molecule has 1 unspecified atom stereocenters. The fourth-order valence-corrected chi connectivity index (χ4v) is 2.23. The maximum absolute atomic E-state index is 5.59. The normalized spacial score (nSPS) is 17.9. The van der Waals surface area contributed by atoms with Gasteiger partial charge in [-0.1, -0.05) is 13.0 Å². The fourth-order valence-electron chi connectivity index (χ4n) is 2.23. The van der Waals surface area contributed by atoms with Crippen LogP contribution in [0.15, 0.2) is 28.4 Å². The van der Waals surface area contributed by atoms with Crippen molar-refractivity contribution in [3.8, 4) is 0 Å². The van der Waals surface area contributed by atoms with Crippen molar-refractivity contribution in [3.63, 3.8) is 0 Å². The summed E-state index contributed by atoms with van der Waals surface area (Å²) in [5, 5.41) is 3.51. The lowest BCUT2D eigenvalue weighted by Gasteiger charge is -2.18. The molecular formula is C13H19NO. The van der Waals surface area contributed by atoms with E-state index in [4.69, 9.17) is 4.42 Å². The third-order valence-electron chi connectivity index (χ3n) is 3.02. The van der Waals surface area contributed by atoms with Crippen LogP contribution in [0, 0.1) is 6.92 Å². The van der Waals surface area contributed by atoms with Gasteiger partial charge in [-0.2, -0.15) is 0 Å². The molecule has 0 bridgehead atoms. The number of allylic oxidation sites excluding steroid dienone is 1. The summed E-state index contributed by atoms with van der Waals surface area (Å²) >= 11 is 0. The summed E-state index contributed by atoms with van der Waals surface area (Å²) in [6.07, 6.45) is 7.85. The minimum absolute atomic E-state index is 0.299. The molecule has 15 heavy (non-hydrogen) atoms. The molecule has 1 aliphatic rings. The molecule has 0 spiro atoms. The van der Waals surface area contributed by atoms with Crippen molar-refractivity contribution in [3.05, 3.63) is 35.3 Å². The van der Waals surface area contributed by atoms with Crippen molar-refractivity contribution in [1.82, 2.24) is 5.32 Å². The van der Waals surface area contributed by atoms with Crippen molar-refractivity contribution in [2.75, 3.05) is 6.54 Å². The number of nitrogens with one attached hydrogen (secondary N) is 1. The van der Waals surface area contributed by atoms with E-state index in [9.17, 15) is 0 Å². The van der Waals surface area contributed by atoms with Crippen LogP contribution >= 0.6 is 0 Å². The highest BCUT2D eigenvalue weighted by atomic mass is 16.3. The SMILES string of the molecule is CCNC(C1=CCCC1)c1occc1C. The Bertz CT molecular complexity index is 351. The van der Waals surface area contributed by atoms with Gasteiger partial charge in [-0.15, -0.1) is 0 Å². The van der Waals surface area contributed by atoms with Crippen LogP contribution in [0.5, 0.6) is 0 Å². The second-order valence-corrected chi connectivity index (χ2v) is 4.13. The van der Waals surface area contributed by atoms with E-state index in [1.54, 1.807) is 6.26 Å². The summed E-state index contributed by atoms with van der Waals surface area (Å²) in [5.41, 5.74) is 2.74. The van der Waals surface area contributed by atoms with Crippen molar-refractivity contribution >= 4 is 0 Å². The Morgan fingerprint density at radius 2 is 2.40 bits per heavy atom. The van der Waals surface area contributed by atoms with E-state index in [0.29, 0.717) is 6.04 Å². The second kappa shape index (κ2) is 4.67. The van der Waals surface area contributed by atoms with Gasteiger partial charge in [0.05, 0.1) is 12.3 Å². The number of rotatable bonds is 4. The van der Waals surface area contributed by atoms with Gasteiger partial charge < -0.3 is 9.73 Å². The maximum atomic E-state index is 5.59. The van der Waals surface area contributed by atoms with E-state index in [1.165, 1.54) is 30.4 Å². The number of furan rings is 1. The molecule has 1 aromatic heterocycles. The minimum Gasteiger partial charge on any atom is -0.467 e. The van der Waals surface area contributed by atoms with Gasteiger partial charge in [-0.3, -0.25) is 0 Å². The molecule has 2 nitrogen and oxygen atoms in total. The summed E-state index contributed by atoms with van der Waals surface area (Å²) in [6.45, 7) is 5.22. The van der Waals surface area contributed by atoms with Crippen molar-refractivity contribution in [2.24, 2.45) is 0 Å². The van der Waals surface area contributed by atoms with Crippen molar-refractivity contribution in [1.29, 1.82) is 0 Å². The highest BCUT2D eigenvalue weighted by Crippen LogP contribution is 2.32. The zero-order chi connectivity index (χ0) is 10.7. The zero-order valence-corrected chi connectivity index (χ0v) is 9.55. The first kappa shape index (κ1) is 10.5. The van der Waals surface area contributed by atoms with Gasteiger partial charge in [0, 0.05) is 0 Å². The van der Waals surface area contributed by atoms with E-state index in [-0.39, 0.29) is 0 Å². The first-order valence-electron chi connectivity index (χ1n) is 5.79. The van der Waals surface area contributed by atoms with Crippen molar-refractivity contribution in [2.45, 2.75) is 39.2 Å². The molecule has 0 aromatic carbocycles. The van der Waals surface area contributed by atoms with Gasteiger partial charge in [0.15, 0.2) is 0 Å². The molecule has 1 N–H and O–H groups in total. The van der Waals surface area contributed by atoms with Crippen LogP contribution in [0.25, 0.3) is 0 Å². The Morgan fingerprint density at radius 3 is 2.93 bits per heavy atom. The van der Waals surface area contributed by atoms with Crippen LogP contribution in [-0.4, -0.2) is 6.54 Å². The van der Waals surface area contributed by atoms with Gasteiger partial charge in [0.2, 0.25) is 0 Å². The lowest BCUT2D eigenvalue weighted by molar-refractivity contribution is 0.442. The van der Waals surface area contributed by atoms with Crippen LogP contribution in [-0.2, 0) is 0 Å². The standard InChI is InChI=1S/C13H19NO/c1-3-14-12(11-6-4-5-7-11)13-10(2)8-9-15-13/h6,8-9,12,14H,3-5,7H2,1-2H3. The molecule has 1 aliphatic carbocycles. The van der Waals surface area contributed by atoms with E-state index in [1.807, 2.05) is 6.07 Å². The zero-order valence-electron chi connectivity index (χ0n) is 9.55. The van der Waals surface area contributed by atoms with E-state index in [0.717, 1.165) is 12.3 Å². The molecule has 82 valence electrons. The van der Waals surface area contributed by atoms with Crippen LogP contribution in [0.2, 0.25) is 0 Å². The van der Waals surface area contributed by atoms with Crippen LogP contribution in [0.1, 0.15) is 43.6 Å². The number of hydrogen-bond donors (Lipinski definition) is 1. The second-order valence-electron chi connectivity index (χ2n) is 4.13. The van der Waals surface area contributed by atoms with Crippen molar-refractivity contribution < 1.29 is 4.42 Å². The van der Waals surface area contributed by atoms with Gasteiger partial charge in [0.1, 0.15) is 5.76 Å². The smallest absolute Gasteiger partial charge is 0.127 e. The van der Waals surface area contributed by atoms with Crippen LogP contribution in [0.3, 0.4) is 0 Å². The molecule has 1 heterocycles. The maximum Gasteiger partial charge on any atom is 0.127 e. The molecule has 0 fully saturated rings. The average Bonchev–Trinajstić information content (AvgIpc) is 2.85. The lowest BCUT2D eigenvalue weighted by Crippen LogP contribution is -2.22. The monoisotopic (exact) mass is 205 g/mol. The molecule has 1 atom stereocenters. The Hall–Kier alpha value is -1.02. The molecule has 0 amide bonds. The summed E-state index contributed by atoms with van der Waals surface area (Å²) in [6, 6.07) is 2.34. The molecule has 0 saturated heterocycles. The predicted molar refractivity (Wildman–Crippen MR) is 61.8 cm³/mol. The van der Waals surface area contributed by atoms with Gasteiger partial charge in [-0.25, -0.2) is 0 Å². The number of likely N-dealkylation sites (N-methyl/N-ethyl adjacent to an activating group) is 1.